The second kappa shape index (κ2) is 3.05. The smallest absolute Gasteiger partial charge is 0.212 e. The highest BCUT2D eigenvalue weighted by molar-refractivity contribution is 5.79. The minimum absolute atomic E-state index is 0.0720. The van der Waals surface area contributed by atoms with E-state index in [0.717, 1.165) is 11.2 Å². The largest absolute Gasteiger partial charge is 0.326 e. The van der Waals surface area contributed by atoms with Crippen LogP contribution in [0.4, 0.5) is 4.39 Å². The van der Waals surface area contributed by atoms with Crippen LogP contribution in [-0.2, 0) is 0 Å². The first-order valence-corrected chi connectivity index (χ1v) is 5.07. The first kappa shape index (κ1) is 9.35. The monoisotopic (exact) mass is 218 g/mol. The van der Waals surface area contributed by atoms with E-state index < -0.39 is 0 Å². The fourth-order valence-electron chi connectivity index (χ4n) is 1.82. The summed E-state index contributed by atoms with van der Waals surface area (Å²) in [5, 5.41) is 0. The van der Waals surface area contributed by atoms with Crippen LogP contribution in [-0.4, -0.2) is 14.4 Å². The number of halogens is 1. The standard InChI is InChI=1S/C11H11FN4/c1-6(13)9-5-16-10-3-2-7(12)4-8(10)14-11(16)15-9/h2-6H,13H2,1H3,(H,14,15). The van der Waals surface area contributed by atoms with Crippen LogP contribution in [0.15, 0.2) is 24.4 Å². The number of rotatable bonds is 1. The van der Waals surface area contributed by atoms with Gasteiger partial charge in [-0.2, -0.15) is 0 Å². The van der Waals surface area contributed by atoms with E-state index in [1.807, 2.05) is 17.5 Å². The molecule has 1 aromatic carbocycles. The lowest BCUT2D eigenvalue weighted by molar-refractivity contribution is 0.629. The van der Waals surface area contributed by atoms with Crippen molar-refractivity contribution in [3.63, 3.8) is 0 Å². The predicted octanol–water partition coefficient (Wildman–Crippen LogP) is 1.97. The number of nitrogens with one attached hydrogen (secondary N) is 1. The van der Waals surface area contributed by atoms with Gasteiger partial charge >= 0.3 is 0 Å². The Bertz CT molecular complexity index is 665. The Labute approximate surface area is 90.9 Å². The average Bonchev–Trinajstić information content (AvgIpc) is 2.73. The highest BCUT2D eigenvalue weighted by atomic mass is 19.1. The Hall–Kier alpha value is -1.88. The summed E-state index contributed by atoms with van der Waals surface area (Å²) in [4.78, 5) is 7.40. The number of hydrogen-bond acceptors (Lipinski definition) is 2. The Kier molecular flexibility index (Phi) is 1.79. The zero-order valence-corrected chi connectivity index (χ0v) is 8.74. The van der Waals surface area contributed by atoms with Gasteiger partial charge in [-0.3, -0.25) is 4.40 Å². The molecule has 0 amide bonds. The number of benzene rings is 1. The van der Waals surface area contributed by atoms with Crippen molar-refractivity contribution in [1.82, 2.24) is 14.4 Å². The molecule has 4 nitrogen and oxygen atoms in total. The lowest BCUT2D eigenvalue weighted by Gasteiger charge is -1.98. The van der Waals surface area contributed by atoms with Gasteiger partial charge < -0.3 is 10.7 Å². The molecule has 0 fully saturated rings. The van der Waals surface area contributed by atoms with Crippen LogP contribution in [0, 0.1) is 5.82 Å². The normalized spacial score (nSPS) is 13.7. The molecule has 2 aromatic heterocycles. The van der Waals surface area contributed by atoms with Crippen LogP contribution in [0.2, 0.25) is 0 Å². The number of aromatic amines is 1. The minimum atomic E-state index is -0.277. The molecular weight excluding hydrogens is 207 g/mol. The maximum Gasteiger partial charge on any atom is 0.212 e. The van der Waals surface area contributed by atoms with E-state index in [1.165, 1.54) is 12.1 Å². The SMILES string of the molecule is CC(N)c1cn2c(nc3cc(F)ccc32)[nH]1. The molecule has 1 unspecified atom stereocenters. The molecule has 1 atom stereocenters. The fourth-order valence-corrected chi connectivity index (χ4v) is 1.82. The summed E-state index contributed by atoms with van der Waals surface area (Å²) in [5.74, 6) is 0.411. The molecule has 0 aliphatic carbocycles. The number of hydrogen-bond donors (Lipinski definition) is 2. The van der Waals surface area contributed by atoms with Crippen LogP contribution in [0.1, 0.15) is 18.7 Å². The Morgan fingerprint density at radius 1 is 1.50 bits per heavy atom. The molecule has 3 rings (SSSR count). The molecule has 16 heavy (non-hydrogen) atoms. The van der Waals surface area contributed by atoms with Crippen molar-refractivity contribution in [3.8, 4) is 0 Å². The molecule has 0 bridgehead atoms. The summed E-state index contributed by atoms with van der Waals surface area (Å²) in [6, 6.07) is 4.48. The molecule has 2 heterocycles. The van der Waals surface area contributed by atoms with Gasteiger partial charge in [-0.15, -0.1) is 0 Å². The maximum atomic E-state index is 13.0. The number of aromatic nitrogens is 3. The maximum absolute atomic E-state index is 13.0. The highest BCUT2D eigenvalue weighted by Crippen LogP contribution is 2.19. The van der Waals surface area contributed by atoms with Crippen molar-refractivity contribution >= 4 is 16.8 Å². The lowest BCUT2D eigenvalue weighted by atomic mass is 10.3. The summed E-state index contributed by atoms with van der Waals surface area (Å²) < 4.78 is 14.9. The van der Waals surface area contributed by atoms with Crippen LogP contribution in [0.5, 0.6) is 0 Å². The number of nitrogens with two attached hydrogens (primary N) is 1. The molecule has 0 saturated carbocycles. The van der Waals surface area contributed by atoms with E-state index in [4.69, 9.17) is 5.73 Å². The summed E-state index contributed by atoms with van der Waals surface area (Å²) in [5.41, 5.74) is 8.20. The molecule has 0 radical (unpaired) electrons. The molecular formula is C11H11FN4. The van der Waals surface area contributed by atoms with Gasteiger partial charge in [-0.25, -0.2) is 9.37 Å². The van der Waals surface area contributed by atoms with Gasteiger partial charge in [0.1, 0.15) is 5.82 Å². The first-order chi connectivity index (χ1) is 7.65. The molecule has 82 valence electrons. The van der Waals surface area contributed by atoms with Crippen LogP contribution < -0.4 is 5.73 Å². The molecule has 0 aliphatic rings. The molecule has 5 heteroatoms. The third-order valence-electron chi connectivity index (χ3n) is 2.67. The first-order valence-electron chi connectivity index (χ1n) is 5.07. The third kappa shape index (κ3) is 1.22. The second-order valence-corrected chi connectivity index (χ2v) is 3.94. The van der Waals surface area contributed by atoms with Crippen molar-refractivity contribution in [2.75, 3.05) is 0 Å². The van der Waals surface area contributed by atoms with E-state index in [2.05, 4.69) is 9.97 Å². The van der Waals surface area contributed by atoms with Crippen molar-refractivity contribution in [2.45, 2.75) is 13.0 Å². The molecule has 0 saturated heterocycles. The zero-order chi connectivity index (χ0) is 11.3. The number of fused-ring (bicyclic) bond motifs is 3. The fraction of sp³-hybridized carbons (Fsp3) is 0.182. The van der Waals surface area contributed by atoms with E-state index in [9.17, 15) is 4.39 Å². The van der Waals surface area contributed by atoms with Gasteiger partial charge in [0.05, 0.1) is 16.7 Å². The summed E-state index contributed by atoms with van der Waals surface area (Å²) in [6.07, 6.45) is 1.90. The highest BCUT2D eigenvalue weighted by Gasteiger charge is 2.10. The Morgan fingerprint density at radius 2 is 2.31 bits per heavy atom. The van der Waals surface area contributed by atoms with Crippen molar-refractivity contribution < 1.29 is 4.39 Å². The number of imidazole rings is 2. The number of H-pyrrole nitrogens is 1. The van der Waals surface area contributed by atoms with E-state index >= 15 is 0 Å². The topological polar surface area (TPSA) is 59.1 Å². The quantitative estimate of drug-likeness (QED) is 0.656. The third-order valence-corrected chi connectivity index (χ3v) is 2.67. The summed E-state index contributed by atoms with van der Waals surface area (Å²) >= 11 is 0. The van der Waals surface area contributed by atoms with Crippen molar-refractivity contribution in [1.29, 1.82) is 0 Å². The van der Waals surface area contributed by atoms with E-state index in [0.29, 0.717) is 11.3 Å². The van der Waals surface area contributed by atoms with Gasteiger partial charge in [0.15, 0.2) is 0 Å². The van der Waals surface area contributed by atoms with Gasteiger partial charge in [0, 0.05) is 18.3 Å². The van der Waals surface area contributed by atoms with Crippen molar-refractivity contribution in [3.05, 3.63) is 35.9 Å². The van der Waals surface area contributed by atoms with E-state index in [-0.39, 0.29) is 11.9 Å². The Balaban J connectivity index is 2.34. The number of nitrogens with zero attached hydrogens (tertiary/aromatic N) is 2. The van der Waals surface area contributed by atoms with Crippen LogP contribution in [0.3, 0.4) is 0 Å². The molecule has 3 aromatic rings. The van der Waals surface area contributed by atoms with Gasteiger partial charge in [-0.1, -0.05) is 0 Å². The molecule has 0 spiro atoms. The average molecular weight is 218 g/mol. The van der Waals surface area contributed by atoms with Crippen LogP contribution in [0.25, 0.3) is 16.8 Å². The van der Waals surface area contributed by atoms with Gasteiger partial charge in [0.25, 0.3) is 0 Å². The Morgan fingerprint density at radius 3 is 3.06 bits per heavy atom. The minimum Gasteiger partial charge on any atom is -0.326 e. The summed E-state index contributed by atoms with van der Waals surface area (Å²) in [7, 11) is 0. The van der Waals surface area contributed by atoms with Gasteiger partial charge in [0.2, 0.25) is 5.78 Å². The molecule has 0 aliphatic heterocycles. The van der Waals surface area contributed by atoms with Crippen LogP contribution >= 0.6 is 0 Å². The van der Waals surface area contributed by atoms with E-state index in [1.54, 1.807) is 6.07 Å². The molecule has 3 N–H and O–H groups in total. The zero-order valence-electron chi connectivity index (χ0n) is 8.74. The van der Waals surface area contributed by atoms with Crippen molar-refractivity contribution in [2.24, 2.45) is 5.73 Å². The summed E-state index contributed by atoms with van der Waals surface area (Å²) in [6.45, 7) is 1.90. The predicted molar refractivity (Wildman–Crippen MR) is 59.6 cm³/mol. The van der Waals surface area contributed by atoms with Gasteiger partial charge in [-0.05, 0) is 19.1 Å². The lowest BCUT2D eigenvalue weighted by Crippen LogP contribution is -2.04. The second-order valence-electron chi connectivity index (χ2n) is 3.94.